The summed E-state index contributed by atoms with van der Waals surface area (Å²) in [6.45, 7) is 5.68. The second-order valence-corrected chi connectivity index (χ2v) is 4.83. The van der Waals surface area contributed by atoms with E-state index in [1.54, 1.807) is 12.3 Å². The molecule has 0 aliphatic rings. The second kappa shape index (κ2) is 5.29. The fourth-order valence-electron chi connectivity index (χ4n) is 1.90. The Balaban J connectivity index is 2.49. The van der Waals surface area contributed by atoms with Crippen molar-refractivity contribution in [3.63, 3.8) is 0 Å². The summed E-state index contributed by atoms with van der Waals surface area (Å²) in [7, 11) is 0. The topological polar surface area (TPSA) is 45.9 Å². The molecule has 96 valence electrons. The first-order valence-electron chi connectivity index (χ1n) is 5.83. The van der Waals surface area contributed by atoms with Crippen molar-refractivity contribution in [1.82, 2.24) is 4.98 Å². The number of aryl methyl sites for hydroxylation is 3. The summed E-state index contributed by atoms with van der Waals surface area (Å²) in [4.78, 5) is 4.13. The van der Waals surface area contributed by atoms with Gasteiger partial charge in [0.1, 0.15) is 17.4 Å². The van der Waals surface area contributed by atoms with Crippen LogP contribution in [0.15, 0.2) is 24.4 Å². The molecule has 19 heavy (non-hydrogen) atoms. The predicted octanol–water partition coefficient (Wildman–Crippen LogP) is 4.32. The fraction of sp³-hybridized carbons (Fsp3) is 0.200. The molecule has 0 spiro atoms. The Kier molecular flexibility index (Phi) is 3.73. The van der Waals surface area contributed by atoms with E-state index >= 15 is 0 Å². The Labute approximate surface area is 117 Å². The van der Waals surface area contributed by atoms with Crippen LogP contribution in [0.1, 0.15) is 22.3 Å². The van der Waals surface area contributed by atoms with Gasteiger partial charge in [-0.2, -0.15) is 5.26 Å². The molecule has 4 heteroatoms. The molecule has 0 fully saturated rings. The molecule has 1 aromatic carbocycles. The average Bonchev–Trinajstić information content (AvgIpc) is 2.34. The van der Waals surface area contributed by atoms with Gasteiger partial charge in [0.15, 0.2) is 0 Å². The van der Waals surface area contributed by atoms with Crippen LogP contribution in [0, 0.1) is 32.1 Å². The average molecular weight is 273 g/mol. The van der Waals surface area contributed by atoms with Crippen molar-refractivity contribution in [3.05, 3.63) is 51.7 Å². The molecule has 2 aromatic rings. The van der Waals surface area contributed by atoms with Crippen LogP contribution in [0.5, 0.6) is 11.6 Å². The van der Waals surface area contributed by atoms with Gasteiger partial charge in [0.05, 0.1) is 0 Å². The first-order chi connectivity index (χ1) is 9.02. The Bertz CT molecular complexity index is 651. The third-order valence-electron chi connectivity index (χ3n) is 2.86. The number of aromatic nitrogens is 1. The van der Waals surface area contributed by atoms with Crippen molar-refractivity contribution in [2.24, 2.45) is 0 Å². The van der Waals surface area contributed by atoms with Crippen LogP contribution in [-0.2, 0) is 0 Å². The summed E-state index contributed by atoms with van der Waals surface area (Å²) in [5.41, 5.74) is 3.13. The first kappa shape index (κ1) is 13.4. The number of nitriles is 1. The van der Waals surface area contributed by atoms with Crippen molar-refractivity contribution >= 4 is 11.6 Å². The standard InChI is InChI=1S/C15H13ClN2O/c1-9-4-5-18-15(13(9)8-17)19-14-10(2)6-12(16)7-11(14)3/h4-7H,1-3H3. The van der Waals surface area contributed by atoms with E-state index in [4.69, 9.17) is 21.6 Å². The Morgan fingerprint density at radius 1 is 1.16 bits per heavy atom. The largest absolute Gasteiger partial charge is 0.437 e. The molecular formula is C15H13ClN2O. The fourth-order valence-corrected chi connectivity index (χ4v) is 2.23. The molecule has 0 unspecified atom stereocenters. The molecular weight excluding hydrogens is 260 g/mol. The molecule has 1 aromatic heterocycles. The minimum absolute atomic E-state index is 0.330. The van der Waals surface area contributed by atoms with E-state index in [9.17, 15) is 0 Å². The summed E-state index contributed by atoms with van der Waals surface area (Å²) in [5.74, 6) is 1.02. The van der Waals surface area contributed by atoms with Crippen molar-refractivity contribution < 1.29 is 4.74 Å². The lowest BCUT2D eigenvalue weighted by atomic mass is 10.1. The normalized spacial score (nSPS) is 10.1. The summed E-state index contributed by atoms with van der Waals surface area (Å²) < 4.78 is 5.81. The smallest absolute Gasteiger partial charge is 0.237 e. The van der Waals surface area contributed by atoms with Gasteiger partial charge < -0.3 is 4.74 Å². The van der Waals surface area contributed by atoms with E-state index in [0.29, 0.717) is 22.2 Å². The van der Waals surface area contributed by atoms with E-state index in [1.165, 1.54) is 0 Å². The highest BCUT2D eigenvalue weighted by atomic mass is 35.5. The first-order valence-corrected chi connectivity index (χ1v) is 6.21. The maximum atomic E-state index is 9.17. The summed E-state index contributed by atoms with van der Waals surface area (Å²) >= 11 is 5.99. The minimum atomic E-state index is 0.330. The SMILES string of the molecule is Cc1ccnc(Oc2c(C)cc(Cl)cc2C)c1C#N. The van der Waals surface area contributed by atoms with Crippen LogP contribution in [0.2, 0.25) is 5.02 Å². The molecule has 0 radical (unpaired) electrons. The van der Waals surface area contributed by atoms with Crippen molar-refractivity contribution in [2.45, 2.75) is 20.8 Å². The lowest BCUT2D eigenvalue weighted by Gasteiger charge is -2.13. The van der Waals surface area contributed by atoms with Gasteiger partial charge in [-0.3, -0.25) is 0 Å². The zero-order valence-electron chi connectivity index (χ0n) is 11.0. The number of pyridine rings is 1. The Hall–Kier alpha value is -2.05. The number of hydrogen-bond acceptors (Lipinski definition) is 3. The molecule has 0 atom stereocenters. The van der Waals surface area contributed by atoms with Gasteiger partial charge in [-0.25, -0.2) is 4.98 Å². The maximum Gasteiger partial charge on any atom is 0.237 e. The van der Waals surface area contributed by atoms with Crippen LogP contribution in [-0.4, -0.2) is 4.98 Å². The van der Waals surface area contributed by atoms with Crippen molar-refractivity contribution in [3.8, 4) is 17.7 Å². The molecule has 1 heterocycles. The quantitative estimate of drug-likeness (QED) is 0.818. The Morgan fingerprint density at radius 3 is 2.37 bits per heavy atom. The molecule has 0 aliphatic heterocycles. The Morgan fingerprint density at radius 2 is 1.79 bits per heavy atom. The van der Waals surface area contributed by atoms with Crippen molar-refractivity contribution in [2.75, 3.05) is 0 Å². The van der Waals surface area contributed by atoms with Crippen molar-refractivity contribution in [1.29, 1.82) is 5.26 Å². The highest BCUT2D eigenvalue weighted by molar-refractivity contribution is 6.30. The molecule has 0 amide bonds. The number of nitrogens with zero attached hydrogens (tertiary/aromatic N) is 2. The maximum absolute atomic E-state index is 9.17. The number of hydrogen-bond donors (Lipinski definition) is 0. The van der Waals surface area contributed by atoms with Gasteiger partial charge in [0, 0.05) is 11.2 Å². The predicted molar refractivity (Wildman–Crippen MR) is 74.7 cm³/mol. The van der Waals surface area contributed by atoms with E-state index < -0.39 is 0 Å². The second-order valence-electron chi connectivity index (χ2n) is 4.39. The van der Waals surface area contributed by atoms with Gasteiger partial charge in [-0.05, 0) is 55.7 Å². The van der Waals surface area contributed by atoms with Crippen LogP contribution in [0.25, 0.3) is 0 Å². The molecule has 3 nitrogen and oxygen atoms in total. The third-order valence-corrected chi connectivity index (χ3v) is 3.08. The highest BCUT2D eigenvalue weighted by Crippen LogP contribution is 2.32. The molecule has 0 N–H and O–H groups in total. The molecule has 0 aliphatic carbocycles. The lowest BCUT2D eigenvalue weighted by molar-refractivity contribution is 0.454. The lowest BCUT2D eigenvalue weighted by Crippen LogP contribution is -1.97. The summed E-state index contributed by atoms with van der Waals surface area (Å²) in [6, 6.07) is 7.56. The van der Waals surface area contributed by atoms with Gasteiger partial charge in [0.25, 0.3) is 0 Å². The zero-order chi connectivity index (χ0) is 14.0. The monoisotopic (exact) mass is 272 g/mol. The van der Waals surface area contributed by atoms with Crippen LogP contribution < -0.4 is 4.74 Å². The molecule has 0 saturated carbocycles. The molecule has 2 rings (SSSR count). The van der Waals surface area contributed by atoms with Gasteiger partial charge in [0.2, 0.25) is 5.88 Å². The third kappa shape index (κ3) is 2.69. The molecule has 0 bridgehead atoms. The van der Waals surface area contributed by atoms with Gasteiger partial charge in [-0.15, -0.1) is 0 Å². The number of ether oxygens (including phenoxy) is 1. The summed E-state index contributed by atoms with van der Waals surface area (Å²) in [6.07, 6.45) is 1.63. The zero-order valence-corrected chi connectivity index (χ0v) is 11.7. The van der Waals surface area contributed by atoms with E-state index in [0.717, 1.165) is 16.7 Å². The van der Waals surface area contributed by atoms with Crippen LogP contribution in [0.4, 0.5) is 0 Å². The van der Waals surface area contributed by atoms with Gasteiger partial charge >= 0.3 is 0 Å². The summed E-state index contributed by atoms with van der Waals surface area (Å²) in [5, 5.41) is 9.84. The van der Waals surface area contributed by atoms with E-state index in [2.05, 4.69) is 11.1 Å². The number of benzene rings is 1. The number of halogens is 1. The number of rotatable bonds is 2. The minimum Gasteiger partial charge on any atom is -0.437 e. The van der Waals surface area contributed by atoms with Gasteiger partial charge in [-0.1, -0.05) is 11.6 Å². The van der Waals surface area contributed by atoms with Crippen LogP contribution in [0.3, 0.4) is 0 Å². The molecule has 0 saturated heterocycles. The van der Waals surface area contributed by atoms with E-state index in [-0.39, 0.29) is 0 Å². The van der Waals surface area contributed by atoms with E-state index in [1.807, 2.05) is 32.9 Å². The van der Waals surface area contributed by atoms with Crippen LogP contribution >= 0.6 is 11.6 Å². The highest BCUT2D eigenvalue weighted by Gasteiger charge is 2.12.